The van der Waals surface area contributed by atoms with Gasteiger partial charge in [0.05, 0.1) is 6.10 Å². The van der Waals surface area contributed by atoms with Gasteiger partial charge in [-0.3, -0.25) is 0 Å². The molecule has 0 radical (unpaired) electrons. The minimum atomic E-state index is 0.536. The lowest BCUT2D eigenvalue weighted by Gasteiger charge is -2.17. The molecule has 0 bridgehead atoms. The molecule has 2 heteroatoms. The monoisotopic (exact) mass is 143 g/mol. The van der Waals surface area contributed by atoms with Gasteiger partial charge in [-0.1, -0.05) is 0 Å². The van der Waals surface area contributed by atoms with Crippen LogP contribution in [-0.4, -0.2) is 25.8 Å². The van der Waals surface area contributed by atoms with Gasteiger partial charge in [0.25, 0.3) is 0 Å². The predicted molar refractivity (Wildman–Crippen MR) is 42.1 cm³/mol. The van der Waals surface area contributed by atoms with Crippen molar-refractivity contribution >= 4 is 0 Å². The fourth-order valence-corrected chi connectivity index (χ4v) is 0.902. The van der Waals surface area contributed by atoms with Crippen LogP contribution in [0.5, 0.6) is 0 Å². The first-order valence-electron chi connectivity index (χ1n) is 4.22. The molecule has 2 fully saturated rings. The van der Waals surface area contributed by atoms with E-state index in [1.165, 1.54) is 32.4 Å². The first-order valence-corrected chi connectivity index (χ1v) is 4.22. The lowest BCUT2D eigenvalue weighted by atomic mass is 10.1. The molecule has 10 heavy (non-hydrogen) atoms. The van der Waals surface area contributed by atoms with Crippen LogP contribution < -0.4 is 5.32 Å². The SMILES string of the molecule is C1CN1.CC1CCCCO1. The van der Waals surface area contributed by atoms with Crippen molar-refractivity contribution in [3.8, 4) is 0 Å². The fraction of sp³-hybridized carbons (Fsp3) is 1.00. The Hall–Kier alpha value is -0.0800. The highest BCUT2D eigenvalue weighted by atomic mass is 16.5. The molecule has 2 nitrogen and oxygen atoms in total. The van der Waals surface area contributed by atoms with Crippen molar-refractivity contribution in [2.75, 3.05) is 19.7 Å². The number of hydrogen-bond acceptors (Lipinski definition) is 2. The van der Waals surface area contributed by atoms with Gasteiger partial charge in [0.1, 0.15) is 0 Å². The Balaban J connectivity index is 0.000000138. The summed E-state index contributed by atoms with van der Waals surface area (Å²) in [7, 11) is 0. The van der Waals surface area contributed by atoms with Gasteiger partial charge in [-0.2, -0.15) is 0 Å². The Bertz CT molecular complexity index is 74.6. The summed E-state index contributed by atoms with van der Waals surface area (Å²) in [5.74, 6) is 0. The van der Waals surface area contributed by atoms with E-state index in [4.69, 9.17) is 4.74 Å². The van der Waals surface area contributed by atoms with E-state index in [0.717, 1.165) is 6.61 Å². The minimum absolute atomic E-state index is 0.536. The number of hydrogen-bond donors (Lipinski definition) is 1. The van der Waals surface area contributed by atoms with E-state index in [0.29, 0.717) is 6.10 Å². The van der Waals surface area contributed by atoms with Crippen LogP contribution in [0, 0.1) is 0 Å². The normalized spacial score (nSPS) is 30.3. The maximum atomic E-state index is 5.28. The maximum Gasteiger partial charge on any atom is 0.0547 e. The number of ether oxygens (including phenoxy) is 1. The highest BCUT2D eigenvalue weighted by molar-refractivity contribution is 4.58. The van der Waals surface area contributed by atoms with E-state index in [2.05, 4.69) is 12.2 Å². The van der Waals surface area contributed by atoms with Crippen molar-refractivity contribution in [2.24, 2.45) is 0 Å². The van der Waals surface area contributed by atoms with Crippen LogP contribution in [0.1, 0.15) is 26.2 Å². The summed E-state index contributed by atoms with van der Waals surface area (Å²) in [6.45, 7) is 5.63. The number of nitrogens with one attached hydrogen (secondary N) is 1. The molecule has 60 valence electrons. The zero-order valence-electron chi connectivity index (χ0n) is 6.73. The van der Waals surface area contributed by atoms with E-state index in [1.54, 1.807) is 0 Å². The molecule has 2 aliphatic heterocycles. The molecule has 2 saturated heterocycles. The van der Waals surface area contributed by atoms with E-state index >= 15 is 0 Å². The highest BCUT2D eigenvalue weighted by Crippen LogP contribution is 2.10. The second kappa shape index (κ2) is 4.69. The summed E-state index contributed by atoms with van der Waals surface area (Å²) < 4.78 is 5.28. The summed E-state index contributed by atoms with van der Waals surface area (Å²) in [6, 6.07) is 0. The molecule has 0 spiro atoms. The highest BCUT2D eigenvalue weighted by Gasteiger charge is 2.05. The van der Waals surface area contributed by atoms with Gasteiger partial charge >= 0.3 is 0 Å². The van der Waals surface area contributed by atoms with Crippen LogP contribution in [-0.2, 0) is 4.74 Å². The lowest BCUT2D eigenvalue weighted by molar-refractivity contribution is 0.0285. The molecule has 1 N–H and O–H groups in total. The van der Waals surface area contributed by atoms with Gasteiger partial charge in [-0.25, -0.2) is 0 Å². The molecule has 1 unspecified atom stereocenters. The van der Waals surface area contributed by atoms with Gasteiger partial charge in [0, 0.05) is 19.7 Å². The van der Waals surface area contributed by atoms with Crippen LogP contribution in [0.4, 0.5) is 0 Å². The molecular formula is C8H17NO. The van der Waals surface area contributed by atoms with E-state index in [9.17, 15) is 0 Å². The first-order chi connectivity index (χ1) is 4.89. The molecule has 0 amide bonds. The second-order valence-electron chi connectivity index (χ2n) is 2.93. The van der Waals surface area contributed by atoms with Gasteiger partial charge in [-0.15, -0.1) is 0 Å². The Morgan fingerprint density at radius 2 is 2.00 bits per heavy atom. The molecular weight excluding hydrogens is 126 g/mol. The fourth-order valence-electron chi connectivity index (χ4n) is 0.902. The average molecular weight is 143 g/mol. The van der Waals surface area contributed by atoms with Crippen LogP contribution in [0.3, 0.4) is 0 Å². The van der Waals surface area contributed by atoms with Crippen LogP contribution in [0.25, 0.3) is 0 Å². The largest absolute Gasteiger partial charge is 0.379 e. The summed E-state index contributed by atoms with van der Waals surface area (Å²) in [5, 5.41) is 3.00. The third-order valence-electron chi connectivity index (χ3n) is 1.66. The standard InChI is InChI=1S/C6H12O.C2H5N/c1-6-4-2-3-5-7-6;1-2-3-1/h6H,2-5H2,1H3;3H,1-2H2. The van der Waals surface area contributed by atoms with Crippen molar-refractivity contribution in [1.82, 2.24) is 5.32 Å². The van der Waals surface area contributed by atoms with E-state index in [1.807, 2.05) is 0 Å². The minimum Gasteiger partial charge on any atom is -0.379 e. The summed E-state index contributed by atoms with van der Waals surface area (Å²) in [5.41, 5.74) is 0. The van der Waals surface area contributed by atoms with Crippen molar-refractivity contribution in [3.05, 3.63) is 0 Å². The Labute approximate surface area is 63.0 Å². The molecule has 0 aromatic heterocycles. The Kier molecular flexibility index (Phi) is 3.76. The molecule has 2 heterocycles. The molecule has 0 saturated carbocycles. The Morgan fingerprint density at radius 3 is 2.20 bits per heavy atom. The zero-order valence-corrected chi connectivity index (χ0v) is 6.73. The van der Waals surface area contributed by atoms with E-state index in [-0.39, 0.29) is 0 Å². The lowest BCUT2D eigenvalue weighted by Crippen LogP contribution is -2.14. The van der Waals surface area contributed by atoms with Gasteiger partial charge in [0.2, 0.25) is 0 Å². The Morgan fingerprint density at radius 1 is 1.30 bits per heavy atom. The van der Waals surface area contributed by atoms with Crippen molar-refractivity contribution in [1.29, 1.82) is 0 Å². The molecule has 2 aliphatic rings. The molecule has 0 aliphatic carbocycles. The molecule has 0 aromatic rings. The maximum absolute atomic E-state index is 5.28. The van der Waals surface area contributed by atoms with Crippen molar-refractivity contribution in [3.63, 3.8) is 0 Å². The smallest absolute Gasteiger partial charge is 0.0547 e. The quantitative estimate of drug-likeness (QED) is 0.516. The van der Waals surface area contributed by atoms with Gasteiger partial charge in [0.15, 0.2) is 0 Å². The van der Waals surface area contributed by atoms with E-state index < -0.39 is 0 Å². The van der Waals surface area contributed by atoms with Gasteiger partial charge < -0.3 is 10.1 Å². The average Bonchev–Trinajstić information content (AvgIpc) is 2.73. The molecule has 1 atom stereocenters. The second-order valence-corrected chi connectivity index (χ2v) is 2.93. The van der Waals surface area contributed by atoms with Gasteiger partial charge in [-0.05, 0) is 26.2 Å². The van der Waals surface area contributed by atoms with Crippen LogP contribution >= 0.6 is 0 Å². The van der Waals surface area contributed by atoms with Crippen molar-refractivity contribution < 1.29 is 4.74 Å². The molecule has 0 aromatic carbocycles. The first kappa shape index (κ1) is 8.02. The third kappa shape index (κ3) is 4.77. The zero-order chi connectivity index (χ0) is 7.23. The molecule has 2 rings (SSSR count). The summed E-state index contributed by atoms with van der Waals surface area (Å²) in [6.07, 6.45) is 4.43. The number of rotatable bonds is 0. The summed E-state index contributed by atoms with van der Waals surface area (Å²) in [4.78, 5) is 0. The van der Waals surface area contributed by atoms with Crippen LogP contribution in [0.15, 0.2) is 0 Å². The van der Waals surface area contributed by atoms with Crippen molar-refractivity contribution in [2.45, 2.75) is 32.3 Å². The predicted octanol–water partition coefficient (Wildman–Crippen LogP) is 1.16. The third-order valence-corrected chi connectivity index (χ3v) is 1.66. The summed E-state index contributed by atoms with van der Waals surface area (Å²) >= 11 is 0. The topological polar surface area (TPSA) is 31.2 Å². The van der Waals surface area contributed by atoms with Crippen LogP contribution in [0.2, 0.25) is 0 Å².